The summed E-state index contributed by atoms with van der Waals surface area (Å²) in [6, 6.07) is 0. The molecular weight excluding hydrogens is 124 g/mol. The molecular formula is C9H16O. The summed E-state index contributed by atoms with van der Waals surface area (Å²) >= 11 is 0. The van der Waals surface area contributed by atoms with Crippen LogP contribution in [0, 0.1) is 5.41 Å². The van der Waals surface area contributed by atoms with Gasteiger partial charge in [0.2, 0.25) is 0 Å². The standard InChI is InChI=1S/C9H16O/c1-5-7-9(3,4)8(10)6-2/h6H,2,5,7H2,1,3-4H3. The molecule has 0 rings (SSSR count). The van der Waals surface area contributed by atoms with Gasteiger partial charge in [-0.3, -0.25) is 4.79 Å². The Morgan fingerprint density at radius 1 is 1.60 bits per heavy atom. The summed E-state index contributed by atoms with van der Waals surface area (Å²) in [5, 5.41) is 0. The van der Waals surface area contributed by atoms with Gasteiger partial charge in [-0.05, 0) is 12.5 Å². The van der Waals surface area contributed by atoms with Crippen LogP contribution in [-0.4, -0.2) is 5.78 Å². The van der Waals surface area contributed by atoms with E-state index in [1.165, 1.54) is 6.08 Å². The summed E-state index contributed by atoms with van der Waals surface area (Å²) in [5.41, 5.74) is -0.198. The molecule has 0 saturated heterocycles. The van der Waals surface area contributed by atoms with Gasteiger partial charge < -0.3 is 0 Å². The number of allylic oxidation sites excluding steroid dienone is 1. The predicted octanol–water partition coefficient (Wildman–Crippen LogP) is 2.57. The second-order valence-electron chi connectivity index (χ2n) is 3.20. The van der Waals surface area contributed by atoms with Gasteiger partial charge in [-0.15, -0.1) is 0 Å². The van der Waals surface area contributed by atoms with Crippen LogP contribution in [0.5, 0.6) is 0 Å². The van der Waals surface area contributed by atoms with Gasteiger partial charge in [0.1, 0.15) is 0 Å². The Hall–Kier alpha value is -0.590. The summed E-state index contributed by atoms with van der Waals surface area (Å²) in [6.07, 6.45) is 3.40. The maximum atomic E-state index is 11.1. The van der Waals surface area contributed by atoms with Crippen LogP contribution in [0.15, 0.2) is 12.7 Å². The Morgan fingerprint density at radius 2 is 2.10 bits per heavy atom. The molecule has 10 heavy (non-hydrogen) atoms. The molecule has 0 unspecified atom stereocenters. The second-order valence-corrected chi connectivity index (χ2v) is 3.20. The van der Waals surface area contributed by atoms with Crippen molar-refractivity contribution < 1.29 is 4.79 Å². The van der Waals surface area contributed by atoms with E-state index in [4.69, 9.17) is 0 Å². The van der Waals surface area contributed by atoms with Crippen LogP contribution in [0.2, 0.25) is 0 Å². The first-order valence-electron chi connectivity index (χ1n) is 3.71. The molecule has 0 radical (unpaired) electrons. The van der Waals surface area contributed by atoms with E-state index in [9.17, 15) is 4.79 Å². The lowest BCUT2D eigenvalue weighted by atomic mass is 9.84. The molecule has 0 saturated carbocycles. The zero-order chi connectivity index (χ0) is 8.20. The van der Waals surface area contributed by atoms with Crippen LogP contribution in [0.25, 0.3) is 0 Å². The Bertz CT molecular complexity index is 134. The highest BCUT2D eigenvalue weighted by Gasteiger charge is 2.22. The fourth-order valence-corrected chi connectivity index (χ4v) is 1.02. The van der Waals surface area contributed by atoms with Crippen molar-refractivity contribution in [3.8, 4) is 0 Å². The molecule has 1 nitrogen and oxygen atoms in total. The molecule has 0 aromatic heterocycles. The molecule has 0 aliphatic carbocycles. The van der Waals surface area contributed by atoms with Crippen LogP contribution in [0.3, 0.4) is 0 Å². The zero-order valence-corrected chi connectivity index (χ0v) is 7.11. The van der Waals surface area contributed by atoms with Gasteiger partial charge in [0.25, 0.3) is 0 Å². The molecule has 0 spiro atoms. The van der Waals surface area contributed by atoms with Gasteiger partial charge in [0.15, 0.2) is 5.78 Å². The summed E-state index contributed by atoms with van der Waals surface area (Å²) in [7, 11) is 0. The van der Waals surface area contributed by atoms with Crippen molar-refractivity contribution in [2.75, 3.05) is 0 Å². The first kappa shape index (κ1) is 9.41. The van der Waals surface area contributed by atoms with E-state index in [0.717, 1.165) is 12.8 Å². The fourth-order valence-electron chi connectivity index (χ4n) is 1.02. The van der Waals surface area contributed by atoms with E-state index in [0.29, 0.717) is 0 Å². The third-order valence-corrected chi connectivity index (χ3v) is 1.73. The van der Waals surface area contributed by atoms with Crippen LogP contribution in [0.4, 0.5) is 0 Å². The molecule has 0 atom stereocenters. The summed E-state index contributed by atoms with van der Waals surface area (Å²) in [6.45, 7) is 9.46. The van der Waals surface area contributed by atoms with E-state index in [1.54, 1.807) is 0 Å². The maximum Gasteiger partial charge on any atom is 0.160 e. The van der Waals surface area contributed by atoms with Gasteiger partial charge in [-0.25, -0.2) is 0 Å². The molecule has 0 aromatic carbocycles. The van der Waals surface area contributed by atoms with Crippen molar-refractivity contribution in [2.24, 2.45) is 5.41 Å². The number of hydrogen-bond acceptors (Lipinski definition) is 1. The number of hydrogen-bond donors (Lipinski definition) is 0. The highest BCUT2D eigenvalue weighted by Crippen LogP contribution is 2.23. The van der Waals surface area contributed by atoms with E-state index in [1.807, 2.05) is 13.8 Å². The van der Waals surface area contributed by atoms with E-state index in [2.05, 4.69) is 13.5 Å². The summed E-state index contributed by atoms with van der Waals surface area (Å²) < 4.78 is 0. The van der Waals surface area contributed by atoms with Gasteiger partial charge >= 0.3 is 0 Å². The molecule has 58 valence electrons. The number of carbonyl (C=O) groups excluding carboxylic acids is 1. The monoisotopic (exact) mass is 140 g/mol. The molecule has 0 fully saturated rings. The molecule has 0 amide bonds. The first-order chi connectivity index (χ1) is 4.54. The van der Waals surface area contributed by atoms with E-state index >= 15 is 0 Å². The highest BCUT2D eigenvalue weighted by molar-refractivity contribution is 5.93. The smallest absolute Gasteiger partial charge is 0.160 e. The Kier molecular flexibility index (Phi) is 3.34. The predicted molar refractivity (Wildman–Crippen MR) is 43.9 cm³/mol. The largest absolute Gasteiger partial charge is 0.294 e. The van der Waals surface area contributed by atoms with Gasteiger partial charge in [0, 0.05) is 5.41 Å². The molecule has 0 heterocycles. The molecule has 1 heteroatoms. The minimum atomic E-state index is -0.198. The van der Waals surface area contributed by atoms with Crippen molar-refractivity contribution in [2.45, 2.75) is 33.6 Å². The van der Waals surface area contributed by atoms with E-state index < -0.39 is 0 Å². The third-order valence-electron chi connectivity index (χ3n) is 1.73. The number of ketones is 1. The Balaban J connectivity index is 4.08. The van der Waals surface area contributed by atoms with Crippen LogP contribution >= 0.6 is 0 Å². The normalized spacial score (nSPS) is 11.1. The van der Waals surface area contributed by atoms with Gasteiger partial charge in [0.05, 0.1) is 0 Å². The van der Waals surface area contributed by atoms with Crippen LogP contribution in [0.1, 0.15) is 33.6 Å². The quantitative estimate of drug-likeness (QED) is 0.548. The molecule has 0 N–H and O–H groups in total. The van der Waals surface area contributed by atoms with Crippen molar-refractivity contribution in [3.05, 3.63) is 12.7 Å². The third kappa shape index (κ3) is 2.34. The highest BCUT2D eigenvalue weighted by atomic mass is 16.1. The fraction of sp³-hybridized carbons (Fsp3) is 0.667. The number of carbonyl (C=O) groups is 1. The summed E-state index contributed by atoms with van der Waals surface area (Å²) in [5.74, 6) is 0.148. The lowest BCUT2D eigenvalue weighted by molar-refractivity contribution is -0.122. The average molecular weight is 140 g/mol. The first-order valence-corrected chi connectivity index (χ1v) is 3.71. The minimum Gasteiger partial charge on any atom is -0.294 e. The lowest BCUT2D eigenvalue weighted by Crippen LogP contribution is -2.21. The van der Waals surface area contributed by atoms with Crippen molar-refractivity contribution in [1.82, 2.24) is 0 Å². The number of rotatable bonds is 4. The van der Waals surface area contributed by atoms with Gasteiger partial charge in [-0.1, -0.05) is 33.8 Å². The lowest BCUT2D eigenvalue weighted by Gasteiger charge is -2.19. The second kappa shape index (κ2) is 3.55. The van der Waals surface area contributed by atoms with E-state index in [-0.39, 0.29) is 11.2 Å². The molecule has 0 bridgehead atoms. The van der Waals surface area contributed by atoms with Gasteiger partial charge in [-0.2, -0.15) is 0 Å². The topological polar surface area (TPSA) is 17.1 Å². The summed E-state index contributed by atoms with van der Waals surface area (Å²) in [4.78, 5) is 11.1. The van der Waals surface area contributed by atoms with Crippen molar-refractivity contribution >= 4 is 5.78 Å². The van der Waals surface area contributed by atoms with Crippen LogP contribution in [-0.2, 0) is 4.79 Å². The Labute approximate surface area is 63.1 Å². The van der Waals surface area contributed by atoms with Crippen molar-refractivity contribution in [3.63, 3.8) is 0 Å². The van der Waals surface area contributed by atoms with Crippen LogP contribution < -0.4 is 0 Å². The minimum absolute atomic E-state index is 0.148. The molecule has 0 aliphatic rings. The molecule has 0 aromatic rings. The van der Waals surface area contributed by atoms with Crippen molar-refractivity contribution in [1.29, 1.82) is 0 Å². The average Bonchev–Trinajstić information content (AvgIpc) is 1.86. The Morgan fingerprint density at radius 3 is 2.40 bits per heavy atom. The SMILES string of the molecule is C=CC(=O)C(C)(C)CCC. The maximum absolute atomic E-state index is 11.1. The molecule has 0 aliphatic heterocycles. The zero-order valence-electron chi connectivity index (χ0n) is 7.11.